The van der Waals surface area contributed by atoms with Crippen LogP contribution in [-0.2, 0) is 14.3 Å². The van der Waals surface area contributed by atoms with Gasteiger partial charge >= 0.3 is 6.09 Å². The van der Waals surface area contributed by atoms with Gasteiger partial charge in [-0.15, -0.1) is 6.58 Å². The monoisotopic (exact) mass is 411 g/mol. The van der Waals surface area contributed by atoms with E-state index in [1.54, 1.807) is 13.8 Å². The predicted octanol–water partition coefficient (Wildman–Crippen LogP) is 1.05. The van der Waals surface area contributed by atoms with Crippen molar-refractivity contribution in [3.63, 3.8) is 0 Å². The van der Waals surface area contributed by atoms with Crippen molar-refractivity contribution in [1.82, 2.24) is 0 Å². The van der Waals surface area contributed by atoms with Crippen LogP contribution in [0.3, 0.4) is 0 Å². The van der Waals surface area contributed by atoms with Gasteiger partial charge in [0.25, 0.3) is 0 Å². The van der Waals surface area contributed by atoms with Crippen LogP contribution in [0, 0.1) is 16.7 Å². The maximum atomic E-state index is 13.5. The van der Waals surface area contributed by atoms with Gasteiger partial charge in [0.1, 0.15) is 5.60 Å². The van der Waals surface area contributed by atoms with E-state index in [2.05, 4.69) is 6.58 Å². The molecule has 1 heterocycles. The zero-order valence-corrected chi connectivity index (χ0v) is 17.8. The quantitative estimate of drug-likeness (QED) is 0.498. The van der Waals surface area contributed by atoms with E-state index in [1.165, 1.54) is 13.0 Å². The Bertz CT molecular complexity index is 753. The minimum atomic E-state index is -2.23. The Morgan fingerprint density at radius 3 is 2.38 bits per heavy atom. The first kappa shape index (κ1) is 22.2. The summed E-state index contributed by atoms with van der Waals surface area (Å²) in [7, 11) is 0. The summed E-state index contributed by atoms with van der Waals surface area (Å²) < 4.78 is 11.5. The third-order valence-electron chi connectivity index (χ3n) is 7.97. The number of aliphatic hydroxyl groups excluding tert-OH is 2. The number of primary amides is 1. The summed E-state index contributed by atoms with van der Waals surface area (Å²) in [6, 6.07) is 0. The van der Waals surface area contributed by atoms with E-state index in [4.69, 9.17) is 15.2 Å². The van der Waals surface area contributed by atoms with Gasteiger partial charge in [0.15, 0.2) is 17.5 Å². The normalized spacial score (nSPS) is 51.5. The molecule has 3 rings (SSSR count). The molecule has 0 aromatic rings. The van der Waals surface area contributed by atoms with Gasteiger partial charge < -0.3 is 30.5 Å². The van der Waals surface area contributed by atoms with Crippen LogP contribution in [0.1, 0.15) is 53.9 Å². The second-order valence-electron chi connectivity index (χ2n) is 10.2. The maximum Gasteiger partial charge on any atom is 0.404 e. The SMILES string of the molecule is C=C[C@@]1(C)CC(=O)[C@]2(O)[C@@]3(C)[C@@H](O)CCC(C)(C)[C@@H]3[C@H](O)[C@H](OC(N)=O)[C@@]2(C)O1. The molecule has 0 spiro atoms. The highest BCUT2D eigenvalue weighted by Gasteiger charge is 2.81. The highest BCUT2D eigenvalue weighted by molar-refractivity contribution is 5.92. The number of rotatable bonds is 2. The molecule has 0 aromatic heterocycles. The van der Waals surface area contributed by atoms with E-state index in [9.17, 15) is 24.9 Å². The first-order valence-electron chi connectivity index (χ1n) is 10.0. The van der Waals surface area contributed by atoms with Crippen LogP contribution < -0.4 is 5.73 Å². The topological polar surface area (TPSA) is 139 Å². The smallest absolute Gasteiger partial charge is 0.404 e. The minimum absolute atomic E-state index is 0.169. The van der Waals surface area contributed by atoms with Crippen molar-refractivity contribution in [2.45, 2.75) is 89.0 Å². The summed E-state index contributed by atoms with van der Waals surface area (Å²) in [5, 5.41) is 34.6. The zero-order chi connectivity index (χ0) is 22.2. The van der Waals surface area contributed by atoms with Crippen LogP contribution in [0.5, 0.6) is 0 Å². The Labute approximate surface area is 171 Å². The van der Waals surface area contributed by atoms with Crippen LogP contribution in [0.4, 0.5) is 4.79 Å². The Hall–Kier alpha value is -1.48. The molecule has 5 N–H and O–H groups in total. The summed E-state index contributed by atoms with van der Waals surface area (Å²) in [5.41, 5.74) is -1.99. The molecule has 3 fully saturated rings. The van der Waals surface area contributed by atoms with Crippen LogP contribution in [-0.4, -0.2) is 62.3 Å². The van der Waals surface area contributed by atoms with Crippen LogP contribution in [0.15, 0.2) is 12.7 Å². The first-order chi connectivity index (χ1) is 13.1. The number of nitrogens with two attached hydrogens (primary N) is 1. The van der Waals surface area contributed by atoms with E-state index < -0.39 is 63.7 Å². The van der Waals surface area contributed by atoms with E-state index >= 15 is 0 Å². The van der Waals surface area contributed by atoms with Crippen LogP contribution in [0.2, 0.25) is 0 Å². The molecule has 8 heteroatoms. The Morgan fingerprint density at radius 1 is 1.28 bits per heavy atom. The highest BCUT2D eigenvalue weighted by atomic mass is 16.6. The minimum Gasteiger partial charge on any atom is -0.440 e. The Morgan fingerprint density at radius 2 is 1.86 bits per heavy atom. The van der Waals surface area contributed by atoms with Crippen molar-refractivity contribution in [3.05, 3.63) is 12.7 Å². The molecule has 29 heavy (non-hydrogen) atoms. The van der Waals surface area contributed by atoms with Gasteiger partial charge in [0, 0.05) is 17.8 Å². The standard InChI is InChI=1S/C21H33NO7/c1-7-18(4)10-12(24)21(27)19(5)11(23)8-9-17(2,3)14(19)13(25)15(28-16(22)26)20(21,6)29-18/h7,11,13-15,23,25,27H,1,8-10H2,2-6H3,(H2,22,26)/t11-,13-,14-,15-,18-,19-,20+,21-/m0/s1. The zero-order valence-electron chi connectivity index (χ0n) is 17.8. The largest absolute Gasteiger partial charge is 0.440 e. The molecular weight excluding hydrogens is 378 g/mol. The first-order valence-corrected chi connectivity index (χ1v) is 10.0. The summed E-state index contributed by atoms with van der Waals surface area (Å²) >= 11 is 0. The van der Waals surface area contributed by atoms with E-state index in [1.807, 2.05) is 13.8 Å². The van der Waals surface area contributed by atoms with Gasteiger partial charge in [-0.25, -0.2) is 4.79 Å². The number of ketones is 1. The van der Waals surface area contributed by atoms with Crippen molar-refractivity contribution in [2.24, 2.45) is 22.5 Å². The van der Waals surface area contributed by atoms with Crippen molar-refractivity contribution in [3.8, 4) is 0 Å². The molecule has 0 radical (unpaired) electrons. The molecule has 1 saturated heterocycles. The highest BCUT2D eigenvalue weighted by Crippen LogP contribution is 2.66. The molecule has 0 aromatic carbocycles. The summed E-state index contributed by atoms with van der Waals surface area (Å²) in [5.74, 6) is -1.32. The molecule has 0 unspecified atom stereocenters. The van der Waals surface area contributed by atoms with Gasteiger partial charge in [-0.1, -0.05) is 26.8 Å². The molecule has 8 atom stereocenters. The molecule has 164 valence electrons. The lowest BCUT2D eigenvalue weighted by atomic mass is 9.40. The lowest BCUT2D eigenvalue weighted by Gasteiger charge is -2.71. The maximum absolute atomic E-state index is 13.5. The second kappa shape index (κ2) is 6.26. The Balaban J connectivity index is 2.33. The lowest BCUT2D eigenvalue weighted by Crippen LogP contribution is -2.86. The second-order valence-corrected chi connectivity index (χ2v) is 10.2. The molecule has 2 aliphatic carbocycles. The lowest BCUT2D eigenvalue weighted by molar-refractivity contribution is -0.368. The van der Waals surface area contributed by atoms with E-state index in [0.29, 0.717) is 12.8 Å². The van der Waals surface area contributed by atoms with Crippen LogP contribution >= 0.6 is 0 Å². The number of hydrogen-bond donors (Lipinski definition) is 4. The molecule has 3 aliphatic rings. The summed E-state index contributed by atoms with van der Waals surface area (Å²) in [4.78, 5) is 25.3. The predicted molar refractivity (Wildman–Crippen MR) is 104 cm³/mol. The number of amides is 1. The number of carbonyl (C=O) groups is 2. The van der Waals surface area contributed by atoms with Crippen molar-refractivity contribution >= 4 is 11.9 Å². The number of ether oxygens (including phenoxy) is 2. The number of Topliss-reactive ketones (excluding diaryl/α,β-unsaturated/α-hetero) is 1. The fourth-order valence-corrected chi connectivity index (χ4v) is 6.60. The molecule has 2 saturated carbocycles. The number of aliphatic hydroxyl groups is 3. The third-order valence-corrected chi connectivity index (χ3v) is 7.97. The van der Waals surface area contributed by atoms with Crippen LogP contribution in [0.25, 0.3) is 0 Å². The third kappa shape index (κ3) is 2.59. The van der Waals surface area contributed by atoms with Gasteiger partial charge in [0.2, 0.25) is 0 Å². The summed E-state index contributed by atoms with van der Waals surface area (Å²) in [6.07, 6.45) is -2.80. The van der Waals surface area contributed by atoms with Crippen molar-refractivity contribution in [2.75, 3.05) is 0 Å². The fourth-order valence-electron chi connectivity index (χ4n) is 6.60. The van der Waals surface area contributed by atoms with Crippen molar-refractivity contribution < 1.29 is 34.4 Å². The van der Waals surface area contributed by atoms with E-state index in [-0.39, 0.29) is 6.42 Å². The molecule has 0 bridgehead atoms. The Kier molecular flexibility index (Phi) is 4.80. The fraction of sp³-hybridized carbons (Fsp3) is 0.810. The average molecular weight is 411 g/mol. The van der Waals surface area contributed by atoms with E-state index in [0.717, 1.165) is 0 Å². The molecule has 1 amide bonds. The number of hydrogen-bond acceptors (Lipinski definition) is 7. The molecule has 8 nitrogen and oxygen atoms in total. The van der Waals surface area contributed by atoms with Gasteiger partial charge in [-0.3, -0.25) is 4.79 Å². The number of fused-ring (bicyclic) bond motifs is 3. The summed E-state index contributed by atoms with van der Waals surface area (Å²) in [6.45, 7) is 12.2. The van der Waals surface area contributed by atoms with Gasteiger partial charge in [-0.2, -0.15) is 0 Å². The van der Waals surface area contributed by atoms with Gasteiger partial charge in [-0.05, 0) is 32.1 Å². The van der Waals surface area contributed by atoms with Crippen molar-refractivity contribution in [1.29, 1.82) is 0 Å². The number of carbonyl (C=O) groups excluding carboxylic acids is 2. The van der Waals surface area contributed by atoms with Gasteiger partial charge in [0.05, 0.1) is 17.8 Å². The molecule has 1 aliphatic heterocycles. The average Bonchev–Trinajstić information content (AvgIpc) is 2.59. The molecular formula is C21H33NO7.